The number of amides is 1. The molecule has 0 bridgehead atoms. The summed E-state index contributed by atoms with van der Waals surface area (Å²) in [6.07, 6.45) is 2.64. The third kappa shape index (κ3) is 5.87. The molecule has 0 spiro atoms. The maximum atomic E-state index is 11.9. The second-order valence-corrected chi connectivity index (χ2v) is 7.62. The predicted octanol–water partition coefficient (Wildman–Crippen LogP) is 3.78. The van der Waals surface area contributed by atoms with Crippen LogP contribution in [0.2, 0.25) is 0 Å². The van der Waals surface area contributed by atoms with Crippen LogP contribution in [0.25, 0.3) is 0 Å². The number of nitrogens with zero attached hydrogens (tertiary/aromatic N) is 1. The lowest BCUT2D eigenvalue weighted by Crippen LogP contribution is -2.37. The Labute approximate surface area is 140 Å². The Kier molecular flexibility index (Phi) is 6.05. The average Bonchev–Trinajstić information content (AvgIpc) is 2.48. The van der Waals surface area contributed by atoms with Gasteiger partial charge < -0.3 is 10.1 Å². The summed E-state index contributed by atoms with van der Waals surface area (Å²) in [5, 5.41) is 2.92. The Bertz CT molecular complexity index is 505. The Hall–Kier alpha value is -1.55. The van der Waals surface area contributed by atoms with Crippen LogP contribution < -0.4 is 10.1 Å². The van der Waals surface area contributed by atoms with Crippen molar-refractivity contribution in [2.45, 2.75) is 40.5 Å². The molecule has 23 heavy (non-hydrogen) atoms. The largest absolute Gasteiger partial charge is 0.492 e. The summed E-state index contributed by atoms with van der Waals surface area (Å²) in [6.45, 7) is 12.1. The fourth-order valence-corrected chi connectivity index (χ4v) is 2.74. The van der Waals surface area contributed by atoms with Crippen LogP contribution >= 0.6 is 0 Å². The quantitative estimate of drug-likeness (QED) is 0.898. The van der Waals surface area contributed by atoms with Crippen molar-refractivity contribution in [2.24, 2.45) is 11.3 Å². The molecule has 1 aromatic rings. The molecule has 1 amide bonds. The van der Waals surface area contributed by atoms with Gasteiger partial charge >= 0.3 is 0 Å². The zero-order valence-electron chi connectivity index (χ0n) is 14.9. The third-order valence-corrected chi connectivity index (χ3v) is 4.21. The summed E-state index contributed by atoms with van der Waals surface area (Å²) in [4.78, 5) is 14.4. The smallest absolute Gasteiger partial charge is 0.229 e. The molecule has 0 aliphatic carbocycles. The van der Waals surface area contributed by atoms with E-state index in [0.717, 1.165) is 23.9 Å². The normalized spacial score (nSPS) is 19.4. The number of hydrogen-bond acceptors (Lipinski definition) is 3. The van der Waals surface area contributed by atoms with E-state index in [1.165, 1.54) is 25.9 Å². The SMILES string of the molecule is CC1CCCN(CCOc2ccc(NC(=O)C(C)(C)C)cc2)C1. The Balaban J connectivity index is 1.75. The molecule has 1 aromatic carbocycles. The fraction of sp³-hybridized carbons (Fsp3) is 0.632. The molecule has 1 aliphatic rings. The highest BCUT2D eigenvalue weighted by atomic mass is 16.5. The second-order valence-electron chi connectivity index (χ2n) is 7.62. The predicted molar refractivity (Wildman–Crippen MR) is 94.9 cm³/mol. The maximum Gasteiger partial charge on any atom is 0.229 e. The number of anilines is 1. The van der Waals surface area contributed by atoms with Crippen LogP contribution in [0, 0.1) is 11.3 Å². The van der Waals surface area contributed by atoms with Gasteiger partial charge in [0.15, 0.2) is 0 Å². The van der Waals surface area contributed by atoms with Crippen LogP contribution in [0.5, 0.6) is 5.75 Å². The van der Waals surface area contributed by atoms with Crippen LogP contribution in [0.3, 0.4) is 0 Å². The first-order chi connectivity index (χ1) is 10.8. The molecule has 0 aromatic heterocycles. The van der Waals surface area contributed by atoms with Gasteiger partial charge in [-0.05, 0) is 49.6 Å². The topological polar surface area (TPSA) is 41.6 Å². The molecule has 1 N–H and O–H groups in total. The number of rotatable bonds is 5. The summed E-state index contributed by atoms with van der Waals surface area (Å²) < 4.78 is 5.82. The van der Waals surface area contributed by atoms with Crippen molar-refractivity contribution in [1.82, 2.24) is 4.90 Å². The van der Waals surface area contributed by atoms with Gasteiger partial charge in [-0.25, -0.2) is 0 Å². The molecule has 1 saturated heterocycles. The molecule has 1 aliphatic heterocycles. The van der Waals surface area contributed by atoms with Crippen molar-refractivity contribution in [3.8, 4) is 5.75 Å². The molecule has 1 atom stereocenters. The first-order valence-electron chi connectivity index (χ1n) is 8.61. The van der Waals surface area contributed by atoms with E-state index >= 15 is 0 Å². The zero-order valence-corrected chi connectivity index (χ0v) is 14.9. The first-order valence-corrected chi connectivity index (χ1v) is 8.61. The number of carbonyl (C=O) groups excluding carboxylic acids is 1. The van der Waals surface area contributed by atoms with Gasteiger partial charge in [0, 0.05) is 24.2 Å². The minimum atomic E-state index is -0.388. The van der Waals surface area contributed by atoms with Gasteiger partial charge in [-0.3, -0.25) is 9.69 Å². The fourth-order valence-electron chi connectivity index (χ4n) is 2.74. The molecular formula is C19H30N2O2. The van der Waals surface area contributed by atoms with Gasteiger partial charge in [0.05, 0.1) is 0 Å². The lowest BCUT2D eigenvalue weighted by atomic mass is 9.95. The van der Waals surface area contributed by atoms with E-state index in [0.29, 0.717) is 6.61 Å². The lowest BCUT2D eigenvalue weighted by molar-refractivity contribution is -0.123. The molecule has 0 saturated carbocycles. The molecule has 128 valence electrons. The summed E-state index contributed by atoms with van der Waals surface area (Å²) in [6, 6.07) is 7.61. The van der Waals surface area contributed by atoms with Gasteiger partial charge in [-0.2, -0.15) is 0 Å². The van der Waals surface area contributed by atoms with Crippen LogP contribution in [0.4, 0.5) is 5.69 Å². The molecule has 0 radical (unpaired) electrons. The highest BCUT2D eigenvalue weighted by molar-refractivity contribution is 5.94. The number of ether oxygens (including phenoxy) is 1. The van der Waals surface area contributed by atoms with Crippen LogP contribution in [0.15, 0.2) is 24.3 Å². The van der Waals surface area contributed by atoms with E-state index in [1.54, 1.807) is 0 Å². The van der Waals surface area contributed by atoms with Gasteiger partial charge in [0.25, 0.3) is 0 Å². The monoisotopic (exact) mass is 318 g/mol. The average molecular weight is 318 g/mol. The van der Waals surface area contributed by atoms with Crippen molar-refractivity contribution in [1.29, 1.82) is 0 Å². The van der Waals surface area contributed by atoms with Gasteiger partial charge in [0.1, 0.15) is 12.4 Å². The highest BCUT2D eigenvalue weighted by Crippen LogP contribution is 2.20. The first kappa shape index (κ1) is 17.8. The molecule has 1 fully saturated rings. The van der Waals surface area contributed by atoms with Gasteiger partial charge in [-0.15, -0.1) is 0 Å². The summed E-state index contributed by atoms with van der Waals surface area (Å²) >= 11 is 0. The van der Waals surface area contributed by atoms with E-state index in [-0.39, 0.29) is 11.3 Å². The molecule has 1 unspecified atom stereocenters. The zero-order chi connectivity index (χ0) is 16.9. The van der Waals surface area contributed by atoms with E-state index in [4.69, 9.17) is 4.74 Å². The number of piperidine rings is 1. The third-order valence-electron chi connectivity index (χ3n) is 4.21. The number of carbonyl (C=O) groups is 1. The Morgan fingerprint density at radius 3 is 2.61 bits per heavy atom. The molecule has 4 heteroatoms. The molecular weight excluding hydrogens is 288 g/mol. The van der Waals surface area contributed by atoms with Crippen molar-refractivity contribution in [3.63, 3.8) is 0 Å². The van der Waals surface area contributed by atoms with E-state index in [9.17, 15) is 4.79 Å². The lowest BCUT2D eigenvalue weighted by Gasteiger charge is -2.30. The van der Waals surface area contributed by atoms with Crippen molar-refractivity contribution in [2.75, 3.05) is 31.6 Å². The van der Waals surface area contributed by atoms with Crippen LogP contribution in [-0.2, 0) is 4.79 Å². The van der Waals surface area contributed by atoms with E-state index < -0.39 is 0 Å². The number of likely N-dealkylation sites (tertiary alicyclic amines) is 1. The van der Waals surface area contributed by atoms with Crippen molar-refractivity contribution < 1.29 is 9.53 Å². The molecule has 4 nitrogen and oxygen atoms in total. The summed E-state index contributed by atoms with van der Waals surface area (Å²) in [7, 11) is 0. The Morgan fingerprint density at radius 1 is 1.30 bits per heavy atom. The minimum Gasteiger partial charge on any atom is -0.492 e. The molecule has 2 rings (SSSR count). The standard InChI is InChI=1S/C19H30N2O2/c1-15-6-5-11-21(14-15)12-13-23-17-9-7-16(8-10-17)20-18(22)19(2,3)4/h7-10,15H,5-6,11-14H2,1-4H3,(H,20,22). The number of hydrogen-bond donors (Lipinski definition) is 1. The second kappa shape index (κ2) is 7.82. The number of benzene rings is 1. The number of nitrogens with one attached hydrogen (secondary N) is 1. The van der Waals surface area contributed by atoms with E-state index in [2.05, 4.69) is 17.1 Å². The van der Waals surface area contributed by atoms with Gasteiger partial charge in [0.2, 0.25) is 5.91 Å². The van der Waals surface area contributed by atoms with E-state index in [1.807, 2.05) is 45.0 Å². The highest BCUT2D eigenvalue weighted by Gasteiger charge is 2.21. The van der Waals surface area contributed by atoms with Gasteiger partial charge in [-0.1, -0.05) is 27.7 Å². The van der Waals surface area contributed by atoms with Crippen LogP contribution in [0.1, 0.15) is 40.5 Å². The molecule has 1 heterocycles. The van der Waals surface area contributed by atoms with Crippen LogP contribution in [-0.4, -0.2) is 37.0 Å². The summed E-state index contributed by atoms with van der Waals surface area (Å²) in [5.41, 5.74) is 0.419. The van der Waals surface area contributed by atoms with Crippen molar-refractivity contribution in [3.05, 3.63) is 24.3 Å². The Morgan fingerprint density at radius 2 is 2.00 bits per heavy atom. The van der Waals surface area contributed by atoms with Crippen molar-refractivity contribution >= 4 is 11.6 Å². The maximum absolute atomic E-state index is 11.9. The minimum absolute atomic E-state index is 0.0189. The summed E-state index contributed by atoms with van der Waals surface area (Å²) in [5.74, 6) is 1.67.